The van der Waals surface area contributed by atoms with Gasteiger partial charge in [-0.05, 0) is 25.0 Å². The average Bonchev–Trinajstić information content (AvgIpc) is 3.10. The maximum absolute atomic E-state index is 12.8. The molecule has 0 spiro atoms. The van der Waals surface area contributed by atoms with Crippen LogP contribution in [0.3, 0.4) is 0 Å². The second-order valence-electron chi connectivity index (χ2n) is 5.47. The molecule has 2 aromatic heterocycles. The fourth-order valence-corrected chi connectivity index (χ4v) is 2.83. The predicted octanol–water partition coefficient (Wildman–Crippen LogP) is 1.47. The molecule has 122 valence electrons. The molecule has 3 rings (SSSR count). The molecular formula is C16H21N5O2. The summed E-state index contributed by atoms with van der Waals surface area (Å²) in [5.74, 6) is 0.801. The van der Waals surface area contributed by atoms with E-state index in [1.54, 1.807) is 24.8 Å². The van der Waals surface area contributed by atoms with E-state index >= 15 is 0 Å². The maximum atomic E-state index is 12.8. The SMILES string of the molecule is CCc1cnccc1C(=O)N1CCOC(c2nncn2CC)C1. The van der Waals surface area contributed by atoms with Crippen molar-refractivity contribution in [2.75, 3.05) is 19.7 Å². The lowest BCUT2D eigenvalue weighted by molar-refractivity contribution is -0.0284. The lowest BCUT2D eigenvalue weighted by Gasteiger charge is -2.32. The van der Waals surface area contributed by atoms with Gasteiger partial charge in [-0.15, -0.1) is 10.2 Å². The van der Waals surface area contributed by atoms with Crippen LogP contribution >= 0.6 is 0 Å². The molecule has 0 aromatic carbocycles. The minimum atomic E-state index is -0.234. The van der Waals surface area contributed by atoms with Gasteiger partial charge in [-0.2, -0.15) is 0 Å². The van der Waals surface area contributed by atoms with E-state index in [4.69, 9.17) is 4.74 Å². The Labute approximate surface area is 135 Å². The third-order valence-corrected chi connectivity index (χ3v) is 4.14. The number of rotatable bonds is 4. The standard InChI is InChI=1S/C16H21N5O2/c1-3-12-9-17-6-5-13(12)16(22)21-7-8-23-14(10-21)15-19-18-11-20(15)4-2/h5-6,9,11,14H,3-4,7-8,10H2,1-2H3. The van der Waals surface area contributed by atoms with Crippen molar-refractivity contribution in [3.63, 3.8) is 0 Å². The Bertz CT molecular complexity index is 685. The summed E-state index contributed by atoms with van der Waals surface area (Å²) < 4.78 is 7.76. The molecule has 7 nitrogen and oxygen atoms in total. The number of hydrogen-bond donors (Lipinski definition) is 0. The normalized spacial score (nSPS) is 18.2. The van der Waals surface area contributed by atoms with E-state index in [0.717, 1.165) is 29.9 Å². The molecule has 0 N–H and O–H groups in total. The molecule has 1 fully saturated rings. The number of hydrogen-bond acceptors (Lipinski definition) is 5. The Morgan fingerprint density at radius 2 is 2.30 bits per heavy atom. The third kappa shape index (κ3) is 3.10. The first-order valence-corrected chi connectivity index (χ1v) is 7.96. The molecule has 1 unspecified atom stereocenters. The largest absolute Gasteiger partial charge is 0.366 e. The zero-order valence-electron chi connectivity index (χ0n) is 13.5. The van der Waals surface area contributed by atoms with Gasteiger partial charge in [0.1, 0.15) is 12.4 Å². The summed E-state index contributed by atoms with van der Waals surface area (Å²) in [6.45, 7) is 6.41. The topological polar surface area (TPSA) is 73.1 Å². The van der Waals surface area contributed by atoms with Crippen molar-refractivity contribution < 1.29 is 9.53 Å². The van der Waals surface area contributed by atoms with E-state index in [0.29, 0.717) is 19.7 Å². The minimum Gasteiger partial charge on any atom is -0.366 e. The van der Waals surface area contributed by atoms with Crippen molar-refractivity contribution >= 4 is 5.91 Å². The number of nitrogens with zero attached hydrogens (tertiary/aromatic N) is 5. The van der Waals surface area contributed by atoms with Gasteiger partial charge in [0, 0.05) is 31.0 Å². The summed E-state index contributed by atoms with van der Waals surface area (Å²) in [5, 5.41) is 8.10. The highest BCUT2D eigenvalue weighted by atomic mass is 16.5. The number of amides is 1. The number of carbonyl (C=O) groups is 1. The maximum Gasteiger partial charge on any atom is 0.254 e. The second kappa shape index (κ2) is 6.87. The molecular weight excluding hydrogens is 294 g/mol. The quantitative estimate of drug-likeness (QED) is 0.854. The van der Waals surface area contributed by atoms with Crippen LogP contribution in [0.25, 0.3) is 0 Å². The molecule has 1 aliphatic rings. The van der Waals surface area contributed by atoms with Crippen LogP contribution in [0.1, 0.15) is 41.7 Å². The van der Waals surface area contributed by atoms with Crippen molar-refractivity contribution in [3.8, 4) is 0 Å². The van der Waals surface area contributed by atoms with Crippen LogP contribution in [0.4, 0.5) is 0 Å². The van der Waals surface area contributed by atoms with Crippen molar-refractivity contribution in [3.05, 3.63) is 41.7 Å². The van der Waals surface area contributed by atoms with Crippen LogP contribution in [0, 0.1) is 0 Å². The summed E-state index contributed by atoms with van der Waals surface area (Å²) in [4.78, 5) is 18.8. The summed E-state index contributed by atoms with van der Waals surface area (Å²) in [7, 11) is 0. The molecule has 0 radical (unpaired) electrons. The molecule has 1 atom stereocenters. The number of aromatic nitrogens is 4. The van der Waals surface area contributed by atoms with E-state index in [2.05, 4.69) is 15.2 Å². The Hall–Kier alpha value is -2.28. The van der Waals surface area contributed by atoms with E-state index in [-0.39, 0.29) is 12.0 Å². The van der Waals surface area contributed by atoms with Crippen LogP contribution in [-0.2, 0) is 17.7 Å². The van der Waals surface area contributed by atoms with Crippen LogP contribution < -0.4 is 0 Å². The van der Waals surface area contributed by atoms with Gasteiger partial charge in [0.2, 0.25) is 0 Å². The van der Waals surface area contributed by atoms with Gasteiger partial charge in [0.25, 0.3) is 5.91 Å². The van der Waals surface area contributed by atoms with Crippen LogP contribution in [0.15, 0.2) is 24.8 Å². The van der Waals surface area contributed by atoms with E-state index in [1.165, 1.54) is 0 Å². The molecule has 0 saturated carbocycles. The number of morpholine rings is 1. The van der Waals surface area contributed by atoms with E-state index < -0.39 is 0 Å². The number of carbonyl (C=O) groups excluding carboxylic acids is 1. The first-order chi connectivity index (χ1) is 11.2. The van der Waals surface area contributed by atoms with Crippen LogP contribution in [0.5, 0.6) is 0 Å². The molecule has 1 amide bonds. The van der Waals surface area contributed by atoms with E-state index in [1.807, 2.05) is 23.3 Å². The smallest absolute Gasteiger partial charge is 0.254 e. The zero-order valence-corrected chi connectivity index (χ0v) is 13.5. The highest BCUT2D eigenvalue weighted by molar-refractivity contribution is 5.95. The minimum absolute atomic E-state index is 0.0279. The monoisotopic (exact) mass is 315 g/mol. The Morgan fingerprint density at radius 3 is 3.09 bits per heavy atom. The molecule has 0 aliphatic carbocycles. The lowest BCUT2D eigenvalue weighted by atomic mass is 10.1. The molecule has 0 bridgehead atoms. The van der Waals surface area contributed by atoms with Crippen LogP contribution in [0.2, 0.25) is 0 Å². The number of ether oxygens (including phenoxy) is 1. The lowest BCUT2D eigenvalue weighted by Crippen LogP contribution is -2.43. The summed E-state index contributed by atoms with van der Waals surface area (Å²) in [6, 6.07) is 1.79. The Kier molecular flexibility index (Phi) is 4.66. The van der Waals surface area contributed by atoms with Crippen LogP contribution in [-0.4, -0.2) is 50.3 Å². The molecule has 23 heavy (non-hydrogen) atoms. The number of pyridine rings is 1. The van der Waals surface area contributed by atoms with Gasteiger partial charge in [-0.1, -0.05) is 6.92 Å². The van der Waals surface area contributed by atoms with Gasteiger partial charge in [0.15, 0.2) is 5.82 Å². The molecule has 1 saturated heterocycles. The number of aryl methyl sites for hydroxylation is 2. The Balaban J connectivity index is 1.79. The van der Waals surface area contributed by atoms with Crippen molar-refractivity contribution in [2.24, 2.45) is 0 Å². The zero-order chi connectivity index (χ0) is 16.2. The summed E-state index contributed by atoms with van der Waals surface area (Å²) >= 11 is 0. The molecule has 3 heterocycles. The fraction of sp³-hybridized carbons (Fsp3) is 0.500. The van der Waals surface area contributed by atoms with Gasteiger partial charge in [0.05, 0.1) is 13.2 Å². The van der Waals surface area contributed by atoms with Gasteiger partial charge in [-0.3, -0.25) is 9.78 Å². The summed E-state index contributed by atoms with van der Waals surface area (Å²) in [5.41, 5.74) is 1.69. The van der Waals surface area contributed by atoms with Crippen molar-refractivity contribution in [1.29, 1.82) is 0 Å². The highest BCUT2D eigenvalue weighted by Crippen LogP contribution is 2.22. The highest BCUT2D eigenvalue weighted by Gasteiger charge is 2.29. The third-order valence-electron chi connectivity index (χ3n) is 4.14. The first kappa shape index (κ1) is 15.6. The molecule has 2 aromatic rings. The first-order valence-electron chi connectivity index (χ1n) is 7.96. The van der Waals surface area contributed by atoms with Crippen molar-refractivity contribution in [1.82, 2.24) is 24.6 Å². The fourth-order valence-electron chi connectivity index (χ4n) is 2.83. The Morgan fingerprint density at radius 1 is 1.43 bits per heavy atom. The van der Waals surface area contributed by atoms with Gasteiger partial charge in [-0.25, -0.2) is 0 Å². The average molecular weight is 315 g/mol. The second-order valence-corrected chi connectivity index (χ2v) is 5.47. The summed E-state index contributed by atoms with van der Waals surface area (Å²) in [6.07, 6.45) is 5.67. The van der Waals surface area contributed by atoms with Gasteiger partial charge < -0.3 is 14.2 Å². The predicted molar refractivity (Wildman–Crippen MR) is 83.9 cm³/mol. The van der Waals surface area contributed by atoms with E-state index in [9.17, 15) is 4.79 Å². The van der Waals surface area contributed by atoms with Crippen molar-refractivity contribution in [2.45, 2.75) is 32.9 Å². The molecule has 7 heteroatoms. The molecule has 1 aliphatic heterocycles. The van der Waals surface area contributed by atoms with Gasteiger partial charge >= 0.3 is 0 Å².